The SMILES string of the molecule is COc1ccc(C(C(C#N)C#N)C(C#N)C(=O)NNC(=O)c2ccccc2)cc1. The van der Waals surface area contributed by atoms with Crippen LogP contribution in [-0.2, 0) is 4.79 Å². The van der Waals surface area contributed by atoms with Crippen LogP contribution in [0, 0.1) is 45.8 Å². The van der Waals surface area contributed by atoms with E-state index in [1.165, 1.54) is 7.11 Å². The lowest BCUT2D eigenvalue weighted by atomic mass is 9.78. The highest BCUT2D eigenvalue weighted by Gasteiger charge is 2.36. The van der Waals surface area contributed by atoms with Crippen LogP contribution in [0.3, 0.4) is 0 Å². The summed E-state index contributed by atoms with van der Waals surface area (Å²) in [5.41, 5.74) is 5.21. The number of nitriles is 3. The molecule has 0 heterocycles. The molecule has 0 aliphatic rings. The predicted octanol–water partition coefficient (Wildman–Crippen LogP) is 2.04. The van der Waals surface area contributed by atoms with Crippen molar-refractivity contribution in [2.45, 2.75) is 5.92 Å². The highest BCUT2D eigenvalue weighted by molar-refractivity contribution is 5.95. The van der Waals surface area contributed by atoms with Crippen molar-refractivity contribution >= 4 is 11.8 Å². The molecule has 2 aromatic rings. The van der Waals surface area contributed by atoms with E-state index in [9.17, 15) is 25.4 Å². The molecule has 0 fully saturated rings. The lowest BCUT2D eigenvalue weighted by Gasteiger charge is -2.22. The molecule has 8 heteroatoms. The first-order valence-corrected chi connectivity index (χ1v) is 8.53. The molecule has 2 rings (SSSR count). The van der Waals surface area contributed by atoms with Gasteiger partial charge in [-0.1, -0.05) is 30.3 Å². The van der Waals surface area contributed by atoms with Crippen LogP contribution in [0.2, 0.25) is 0 Å². The summed E-state index contributed by atoms with van der Waals surface area (Å²) in [6.07, 6.45) is 0. The van der Waals surface area contributed by atoms with Gasteiger partial charge < -0.3 is 4.74 Å². The number of hydrogen-bond donors (Lipinski definition) is 2. The van der Waals surface area contributed by atoms with Gasteiger partial charge in [-0.25, -0.2) is 0 Å². The fraction of sp³-hybridized carbons (Fsp3) is 0.190. The van der Waals surface area contributed by atoms with Gasteiger partial charge >= 0.3 is 0 Å². The topological polar surface area (TPSA) is 139 Å². The van der Waals surface area contributed by atoms with Crippen molar-refractivity contribution in [2.24, 2.45) is 11.8 Å². The van der Waals surface area contributed by atoms with Gasteiger partial charge in [-0.15, -0.1) is 0 Å². The van der Waals surface area contributed by atoms with E-state index in [1.807, 2.05) is 18.2 Å². The van der Waals surface area contributed by atoms with Crippen LogP contribution in [-0.4, -0.2) is 18.9 Å². The van der Waals surface area contributed by atoms with Crippen molar-refractivity contribution in [3.8, 4) is 24.0 Å². The first-order valence-electron chi connectivity index (χ1n) is 8.53. The van der Waals surface area contributed by atoms with Crippen molar-refractivity contribution in [3.63, 3.8) is 0 Å². The Balaban J connectivity index is 2.24. The van der Waals surface area contributed by atoms with E-state index in [1.54, 1.807) is 54.6 Å². The van der Waals surface area contributed by atoms with Crippen molar-refractivity contribution < 1.29 is 14.3 Å². The van der Waals surface area contributed by atoms with Crippen LogP contribution in [0.15, 0.2) is 54.6 Å². The van der Waals surface area contributed by atoms with Crippen LogP contribution in [0.5, 0.6) is 5.75 Å². The van der Waals surface area contributed by atoms with Crippen LogP contribution >= 0.6 is 0 Å². The molecular weight excluding hydrogens is 370 g/mol. The fourth-order valence-electron chi connectivity index (χ4n) is 2.75. The summed E-state index contributed by atoms with van der Waals surface area (Å²) >= 11 is 0. The van der Waals surface area contributed by atoms with E-state index in [4.69, 9.17) is 4.74 Å². The van der Waals surface area contributed by atoms with Crippen molar-refractivity contribution in [1.82, 2.24) is 10.9 Å². The number of rotatable bonds is 6. The lowest BCUT2D eigenvalue weighted by molar-refractivity contribution is -0.124. The number of nitrogens with zero attached hydrogens (tertiary/aromatic N) is 3. The monoisotopic (exact) mass is 387 g/mol. The van der Waals surface area contributed by atoms with Gasteiger partial charge in [0.1, 0.15) is 17.6 Å². The third kappa shape index (κ3) is 5.09. The molecule has 0 spiro atoms. The highest BCUT2D eigenvalue weighted by Crippen LogP contribution is 2.33. The molecule has 0 radical (unpaired) electrons. The zero-order valence-corrected chi connectivity index (χ0v) is 15.5. The fourth-order valence-corrected chi connectivity index (χ4v) is 2.75. The number of hydrogen-bond acceptors (Lipinski definition) is 6. The summed E-state index contributed by atoms with van der Waals surface area (Å²) in [4.78, 5) is 24.7. The molecule has 144 valence electrons. The highest BCUT2D eigenvalue weighted by atomic mass is 16.5. The number of methoxy groups -OCH3 is 1. The molecule has 8 nitrogen and oxygen atoms in total. The third-order valence-electron chi connectivity index (χ3n) is 4.25. The second-order valence-corrected chi connectivity index (χ2v) is 5.95. The Morgan fingerprint density at radius 3 is 2.03 bits per heavy atom. The normalized spacial score (nSPS) is 11.8. The molecule has 0 aliphatic carbocycles. The summed E-state index contributed by atoms with van der Waals surface area (Å²) in [6.45, 7) is 0. The number of hydrazine groups is 1. The average Bonchev–Trinajstić information content (AvgIpc) is 2.78. The number of nitrogens with one attached hydrogen (secondary N) is 2. The van der Waals surface area contributed by atoms with E-state index >= 15 is 0 Å². The minimum atomic E-state index is -1.39. The van der Waals surface area contributed by atoms with Gasteiger partial charge in [0.05, 0.1) is 25.3 Å². The predicted molar refractivity (Wildman–Crippen MR) is 102 cm³/mol. The van der Waals surface area contributed by atoms with E-state index in [2.05, 4.69) is 10.9 Å². The molecule has 2 amide bonds. The quantitative estimate of drug-likeness (QED) is 0.727. The van der Waals surface area contributed by atoms with Gasteiger partial charge in [0.15, 0.2) is 0 Å². The molecule has 2 unspecified atom stereocenters. The molecule has 0 saturated heterocycles. The molecule has 2 atom stereocenters. The number of amides is 2. The molecule has 2 aromatic carbocycles. The van der Waals surface area contributed by atoms with Crippen molar-refractivity contribution in [2.75, 3.05) is 7.11 Å². The number of carbonyl (C=O) groups excluding carboxylic acids is 2. The maximum atomic E-state index is 12.6. The zero-order chi connectivity index (χ0) is 21.2. The Morgan fingerprint density at radius 2 is 1.52 bits per heavy atom. The summed E-state index contributed by atoms with van der Waals surface area (Å²) < 4.78 is 5.08. The Hall–Kier alpha value is -4.35. The first-order chi connectivity index (χ1) is 14.0. The van der Waals surface area contributed by atoms with Crippen LogP contribution < -0.4 is 15.6 Å². The molecule has 0 aromatic heterocycles. The maximum absolute atomic E-state index is 12.6. The Labute approximate surface area is 167 Å². The van der Waals surface area contributed by atoms with E-state index < -0.39 is 29.6 Å². The van der Waals surface area contributed by atoms with Crippen LogP contribution in [0.1, 0.15) is 21.8 Å². The second-order valence-electron chi connectivity index (χ2n) is 5.95. The number of benzene rings is 2. The van der Waals surface area contributed by atoms with Crippen molar-refractivity contribution in [3.05, 3.63) is 65.7 Å². The summed E-state index contributed by atoms with van der Waals surface area (Å²) in [5, 5.41) is 28.3. The van der Waals surface area contributed by atoms with Gasteiger partial charge in [0, 0.05) is 11.5 Å². The smallest absolute Gasteiger partial charge is 0.269 e. The molecular formula is C21H17N5O3. The molecule has 2 N–H and O–H groups in total. The van der Waals surface area contributed by atoms with E-state index in [-0.39, 0.29) is 0 Å². The lowest BCUT2D eigenvalue weighted by Crippen LogP contribution is -2.46. The van der Waals surface area contributed by atoms with E-state index in [0.29, 0.717) is 16.9 Å². The number of carbonyl (C=O) groups is 2. The standard InChI is InChI=1S/C21H17N5O3/c1-29-17-9-7-14(8-10-17)19(16(11-22)12-23)18(13-24)21(28)26-25-20(27)15-5-3-2-4-6-15/h2-10,16,18-19H,1H3,(H,25,27)(H,26,28). The summed E-state index contributed by atoms with van der Waals surface area (Å²) in [5.74, 6) is -4.49. The zero-order valence-electron chi connectivity index (χ0n) is 15.5. The molecule has 0 aliphatic heterocycles. The minimum Gasteiger partial charge on any atom is -0.497 e. The van der Waals surface area contributed by atoms with Gasteiger partial charge in [0.2, 0.25) is 0 Å². The third-order valence-corrected chi connectivity index (χ3v) is 4.25. The second kappa shape index (κ2) is 10.1. The van der Waals surface area contributed by atoms with Gasteiger partial charge in [-0.3, -0.25) is 20.4 Å². The van der Waals surface area contributed by atoms with E-state index in [0.717, 1.165) is 0 Å². The Kier molecular flexibility index (Phi) is 7.30. The van der Waals surface area contributed by atoms with Gasteiger partial charge in [-0.05, 0) is 29.8 Å². The molecule has 0 saturated carbocycles. The minimum absolute atomic E-state index is 0.319. The maximum Gasteiger partial charge on any atom is 0.269 e. The van der Waals surface area contributed by atoms with Crippen LogP contribution in [0.25, 0.3) is 0 Å². The Bertz CT molecular complexity index is 970. The summed E-state index contributed by atoms with van der Waals surface area (Å²) in [7, 11) is 1.49. The molecule has 0 bridgehead atoms. The first kappa shape index (κ1) is 21.0. The number of ether oxygens (including phenoxy) is 1. The summed E-state index contributed by atoms with van der Waals surface area (Å²) in [6, 6.07) is 20.1. The average molecular weight is 387 g/mol. The van der Waals surface area contributed by atoms with Crippen molar-refractivity contribution in [1.29, 1.82) is 15.8 Å². The van der Waals surface area contributed by atoms with Crippen LogP contribution in [0.4, 0.5) is 0 Å². The Morgan fingerprint density at radius 1 is 0.897 bits per heavy atom. The largest absolute Gasteiger partial charge is 0.497 e. The van der Waals surface area contributed by atoms with Gasteiger partial charge in [-0.2, -0.15) is 15.8 Å². The molecule has 29 heavy (non-hydrogen) atoms. The van der Waals surface area contributed by atoms with Gasteiger partial charge in [0.25, 0.3) is 11.8 Å².